The SMILES string of the molecule is CN[I-]C(C)NC(=O)[NH2+]C(CCC(=O)O)C(=O)O. The van der Waals surface area contributed by atoms with E-state index in [1.165, 1.54) is 0 Å². The van der Waals surface area contributed by atoms with Gasteiger partial charge in [0, 0.05) is 0 Å². The number of nitrogens with two attached hydrogens (primary N) is 1. The number of halogens is 1. The fourth-order valence-corrected chi connectivity index (χ4v) is 2.57. The summed E-state index contributed by atoms with van der Waals surface area (Å²) in [7, 11) is 1.78. The first-order valence-corrected chi connectivity index (χ1v) is 7.58. The Hall–Kier alpha value is -0.940. The van der Waals surface area contributed by atoms with Gasteiger partial charge in [-0.3, -0.25) is 0 Å². The summed E-state index contributed by atoms with van der Waals surface area (Å²) in [6.45, 7) is 1.82. The first-order chi connectivity index (χ1) is 8.36. The zero-order chi connectivity index (χ0) is 14.1. The second-order valence-electron chi connectivity index (χ2n) is 3.47. The van der Waals surface area contributed by atoms with Crippen LogP contribution in [0.2, 0.25) is 0 Å². The standard InChI is InChI=1S/C9H17IN3O5/c1-5(10-11-2)12-9(18)13-6(8(16)17)3-4-7(14)15/h5-6,11H,3-4H2,1-2H3,(H,14,15)(H,16,17)(H2,12,13,18)/q-1/p+1. The van der Waals surface area contributed by atoms with Gasteiger partial charge in [0.05, 0.1) is 0 Å². The molecule has 8 nitrogen and oxygen atoms in total. The fraction of sp³-hybridized carbons (Fsp3) is 0.667. The minimum absolute atomic E-state index is 0.0218. The van der Waals surface area contributed by atoms with E-state index in [2.05, 4.69) is 8.85 Å². The summed E-state index contributed by atoms with van der Waals surface area (Å²) < 4.78 is 2.95. The Morgan fingerprint density at radius 1 is 1.33 bits per heavy atom. The van der Waals surface area contributed by atoms with Crippen LogP contribution in [0, 0.1) is 0 Å². The maximum atomic E-state index is 11.5. The van der Waals surface area contributed by atoms with Gasteiger partial charge in [-0.1, -0.05) is 0 Å². The van der Waals surface area contributed by atoms with Gasteiger partial charge in [0.25, 0.3) is 0 Å². The second-order valence-corrected chi connectivity index (χ2v) is 7.04. The Labute approximate surface area is 115 Å². The van der Waals surface area contributed by atoms with Crippen LogP contribution in [0.3, 0.4) is 0 Å². The molecule has 18 heavy (non-hydrogen) atoms. The van der Waals surface area contributed by atoms with Crippen LogP contribution in [0.4, 0.5) is 4.79 Å². The summed E-state index contributed by atoms with van der Waals surface area (Å²) in [5.41, 5.74) is 0. The molecule has 2 amide bonds. The summed E-state index contributed by atoms with van der Waals surface area (Å²) in [6.07, 6.45) is -0.368. The van der Waals surface area contributed by atoms with E-state index >= 15 is 0 Å². The molecule has 0 aromatic carbocycles. The third-order valence-corrected chi connectivity index (χ3v) is 3.82. The van der Waals surface area contributed by atoms with E-state index < -0.39 is 24.0 Å². The number of aliphatic carboxylic acids is 2. The van der Waals surface area contributed by atoms with Gasteiger partial charge in [-0.25, -0.2) is 0 Å². The van der Waals surface area contributed by atoms with E-state index in [4.69, 9.17) is 10.2 Å². The van der Waals surface area contributed by atoms with Gasteiger partial charge in [-0.05, 0) is 0 Å². The number of carbonyl (C=O) groups excluding carboxylic acids is 1. The van der Waals surface area contributed by atoms with Crippen molar-refractivity contribution in [3.05, 3.63) is 0 Å². The molecule has 0 aliphatic carbocycles. The van der Waals surface area contributed by atoms with Crippen LogP contribution in [0.5, 0.6) is 0 Å². The zero-order valence-corrected chi connectivity index (χ0v) is 12.3. The summed E-state index contributed by atoms with van der Waals surface area (Å²) in [5.74, 6) is -2.27. The molecule has 2 atom stereocenters. The van der Waals surface area contributed by atoms with Crippen molar-refractivity contribution >= 4 is 18.0 Å². The topological polar surface area (TPSA) is 132 Å². The Morgan fingerprint density at radius 2 is 1.94 bits per heavy atom. The average Bonchev–Trinajstić information content (AvgIpc) is 2.23. The molecule has 6 N–H and O–H groups in total. The van der Waals surface area contributed by atoms with E-state index in [0.29, 0.717) is 0 Å². The number of hydrogen-bond acceptors (Lipinski definition) is 4. The number of carboxylic acid groups (broad SMARTS) is 2. The molecule has 9 heteroatoms. The van der Waals surface area contributed by atoms with Gasteiger partial charge in [0.1, 0.15) is 0 Å². The number of carbonyl (C=O) groups is 3. The zero-order valence-electron chi connectivity index (χ0n) is 10.1. The first kappa shape index (κ1) is 17.1. The summed E-state index contributed by atoms with van der Waals surface area (Å²) >= 11 is -0.372. The number of quaternary nitrogens is 1. The van der Waals surface area contributed by atoms with E-state index in [9.17, 15) is 14.4 Å². The normalized spacial score (nSPS) is 13.9. The monoisotopic (exact) mass is 375 g/mol. The molecule has 2 unspecified atom stereocenters. The molecule has 106 valence electrons. The molecule has 0 bridgehead atoms. The third-order valence-electron chi connectivity index (χ3n) is 1.95. The van der Waals surface area contributed by atoms with Gasteiger partial charge < -0.3 is 0 Å². The van der Waals surface area contributed by atoms with Crippen LogP contribution in [0.15, 0.2) is 0 Å². The van der Waals surface area contributed by atoms with Crippen molar-refractivity contribution in [2.75, 3.05) is 7.05 Å². The van der Waals surface area contributed by atoms with Crippen molar-refractivity contribution in [1.82, 2.24) is 8.85 Å². The Morgan fingerprint density at radius 3 is 2.39 bits per heavy atom. The molecule has 0 spiro atoms. The van der Waals surface area contributed by atoms with E-state index in [1.807, 2.05) is 6.92 Å². The van der Waals surface area contributed by atoms with Crippen molar-refractivity contribution < 1.29 is 51.4 Å². The van der Waals surface area contributed by atoms with E-state index in [1.54, 1.807) is 7.05 Å². The summed E-state index contributed by atoms with van der Waals surface area (Å²) in [4.78, 5) is 32.7. The number of nitrogens with one attached hydrogen (secondary N) is 2. The van der Waals surface area contributed by atoms with Gasteiger partial charge in [0.15, 0.2) is 0 Å². The third kappa shape index (κ3) is 8.20. The number of hydrogen-bond donors (Lipinski definition) is 5. The quantitative estimate of drug-likeness (QED) is 0.125. The molecule has 0 aromatic heterocycles. The molecular weight excluding hydrogens is 357 g/mol. The van der Waals surface area contributed by atoms with Crippen molar-refractivity contribution in [1.29, 1.82) is 0 Å². The predicted molar refractivity (Wildman–Crippen MR) is 57.3 cm³/mol. The van der Waals surface area contributed by atoms with Crippen LogP contribution in [-0.2, 0) is 9.59 Å². The predicted octanol–water partition coefficient (Wildman–Crippen LogP) is -4.85. The number of amides is 2. The van der Waals surface area contributed by atoms with Crippen LogP contribution >= 0.6 is 0 Å². The van der Waals surface area contributed by atoms with Gasteiger partial charge >= 0.3 is 115 Å². The molecule has 0 saturated carbocycles. The van der Waals surface area contributed by atoms with Crippen LogP contribution in [-0.4, -0.2) is 45.3 Å². The molecule has 0 radical (unpaired) electrons. The summed E-state index contributed by atoms with van der Waals surface area (Å²) in [5, 5.41) is 21.0. The van der Waals surface area contributed by atoms with Crippen molar-refractivity contribution in [2.24, 2.45) is 0 Å². The average molecular weight is 375 g/mol. The van der Waals surface area contributed by atoms with E-state index in [0.717, 1.165) is 5.32 Å². The maximum absolute atomic E-state index is 11.5. The molecule has 0 aliphatic rings. The van der Waals surface area contributed by atoms with Gasteiger partial charge in [-0.15, -0.1) is 0 Å². The number of primary amides is 1. The Kier molecular flexibility index (Phi) is 8.58. The van der Waals surface area contributed by atoms with Crippen molar-refractivity contribution in [3.8, 4) is 0 Å². The molecule has 0 fully saturated rings. The number of carboxylic acids is 2. The fourth-order valence-electron chi connectivity index (χ4n) is 1.17. The van der Waals surface area contributed by atoms with Crippen LogP contribution < -0.4 is 35.6 Å². The molecule has 0 rings (SSSR count). The van der Waals surface area contributed by atoms with Crippen molar-refractivity contribution in [2.45, 2.75) is 29.9 Å². The number of rotatable bonds is 8. The Bertz CT molecular complexity index is 313. The van der Waals surface area contributed by atoms with Crippen LogP contribution in [0.25, 0.3) is 0 Å². The van der Waals surface area contributed by atoms with Gasteiger partial charge in [-0.2, -0.15) is 0 Å². The van der Waals surface area contributed by atoms with Crippen molar-refractivity contribution in [3.63, 3.8) is 0 Å². The first-order valence-electron chi connectivity index (χ1n) is 5.26. The second kappa shape index (κ2) is 9.05. The molecular formula is C9H18IN3O5. The van der Waals surface area contributed by atoms with Gasteiger partial charge in [0.2, 0.25) is 0 Å². The minimum atomic E-state index is -1.19. The molecule has 0 aromatic rings. The van der Waals surface area contributed by atoms with E-state index in [-0.39, 0.29) is 38.4 Å². The molecule has 0 heterocycles. The molecule has 0 aliphatic heterocycles. The number of urea groups is 1. The summed E-state index contributed by atoms with van der Waals surface area (Å²) in [6, 6.07) is -1.55. The van der Waals surface area contributed by atoms with Crippen LogP contribution in [0.1, 0.15) is 19.8 Å². The Balaban J connectivity index is 4.19. The molecule has 0 saturated heterocycles. The number of alkyl halides is 1.